The third kappa shape index (κ3) is 2.11. The molecule has 0 saturated heterocycles. The average Bonchev–Trinajstić information content (AvgIpc) is 2.76. The highest BCUT2D eigenvalue weighted by Gasteiger charge is 2.24. The molecular weight excluding hydrogens is 196 g/mol. The summed E-state index contributed by atoms with van der Waals surface area (Å²) in [7, 11) is 0. The van der Waals surface area contributed by atoms with E-state index >= 15 is 0 Å². The molecule has 0 radical (unpaired) electrons. The van der Waals surface area contributed by atoms with E-state index in [1.807, 2.05) is 6.20 Å². The Bertz CT molecular complexity index is 295. The van der Waals surface area contributed by atoms with Crippen LogP contribution in [0.5, 0.6) is 0 Å². The lowest BCUT2D eigenvalue weighted by Crippen LogP contribution is -2.07. The molecule has 0 amide bonds. The fourth-order valence-corrected chi connectivity index (χ4v) is 2.65. The molecule has 2 nitrogen and oxygen atoms in total. The van der Waals surface area contributed by atoms with E-state index in [9.17, 15) is 0 Å². The van der Waals surface area contributed by atoms with Gasteiger partial charge in [-0.3, -0.25) is 0 Å². The summed E-state index contributed by atoms with van der Waals surface area (Å²) in [4.78, 5) is 4.40. The van der Waals surface area contributed by atoms with Crippen molar-refractivity contribution in [3.05, 3.63) is 18.2 Å². The topological polar surface area (TPSA) is 17.8 Å². The Morgan fingerprint density at radius 1 is 1.57 bits per heavy atom. The lowest BCUT2D eigenvalue weighted by Gasteiger charge is -2.09. The van der Waals surface area contributed by atoms with E-state index in [2.05, 4.69) is 22.7 Å². The Kier molecular flexibility index (Phi) is 3.12. The first-order valence-corrected chi connectivity index (χ1v) is 5.87. The van der Waals surface area contributed by atoms with Crippen molar-refractivity contribution in [3.63, 3.8) is 0 Å². The maximum atomic E-state index is 6.09. The van der Waals surface area contributed by atoms with Gasteiger partial charge in [0, 0.05) is 30.7 Å². The van der Waals surface area contributed by atoms with E-state index < -0.39 is 0 Å². The first-order chi connectivity index (χ1) is 6.79. The van der Waals surface area contributed by atoms with Crippen LogP contribution < -0.4 is 0 Å². The molecule has 0 spiro atoms. The highest BCUT2D eigenvalue weighted by atomic mass is 35.5. The predicted molar refractivity (Wildman–Crippen MR) is 58.6 cm³/mol. The van der Waals surface area contributed by atoms with E-state index in [0.717, 1.165) is 25.3 Å². The Labute approximate surface area is 90.3 Å². The van der Waals surface area contributed by atoms with Gasteiger partial charge in [0.05, 0.1) is 0 Å². The fraction of sp³-hybridized carbons (Fsp3) is 0.727. The van der Waals surface area contributed by atoms with Crippen LogP contribution in [0.3, 0.4) is 0 Å². The van der Waals surface area contributed by atoms with Crippen LogP contribution in [-0.4, -0.2) is 14.9 Å². The molecule has 1 aliphatic carbocycles. The largest absolute Gasteiger partial charge is 0.335 e. The smallest absolute Gasteiger partial charge is 0.108 e. The van der Waals surface area contributed by atoms with Crippen molar-refractivity contribution < 1.29 is 0 Å². The maximum Gasteiger partial charge on any atom is 0.108 e. The van der Waals surface area contributed by atoms with Crippen LogP contribution in [0.25, 0.3) is 0 Å². The molecule has 1 fully saturated rings. The lowest BCUT2D eigenvalue weighted by molar-refractivity contribution is 0.513. The molecule has 1 saturated carbocycles. The number of hydrogen-bond donors (Lipinski definition) is 0. The summed E-state index contributed by atoms with van der Waals surface area (Å²) in [5, 5.41) is 0.407. The Morgan fingerprint density at radius 2 is 2.43 bits per heavy atom. The number of halogens is 1. The van der Waals surface area contributed by atoms with Gasteiger partial charge in [0.1, 0.15) is 5.82 Å². The minimum Gasteiger partial charge on any atom is -0.335 e. The number of aromatic nitrogens is 2. The Morgan fingerprint density at radius 3 is 3.07 bits per heavy atom. The average molecular weight is 213 g/mol. The van der Waals surface area contributed by atoms with Crippen molar-refractivity contribution in [2.75, 3.05) is 0 Å². The number of imidazole rings is 1. The zero-order valence-electron chi connectivity index (χ0n) is 8.62. The van der Waals surface area contributed by atoms with Gasteiger partial charge in [-0.15, -0.1) is 11.6 Å². The molecule has 2 atom stereocenters. The minimum atomic E-state index is 0.407. The molecule has 0 bridgehead atoms. The summed E-state index contributed by atoms with van der Waals surface area (Å²) in [6.07, 6.45) is 8.67. The normalized spacial score (nSPS) is 27.0. The van der Waals surface area contributed by atoms with Crippen LogP contribution in [0.4, 0.5) is 0 Å². The van der Waals surface area contributed by atoms with Crippen LogP contribution in [0.1, 0.15) is 32.0 Å². The summed E-state index contributed by atoms with van der Waals surface area (Å²) in [6.45, 7) is 3.18. The lowest BCUT2D eigenvalue weighted by atomic mass is 10.0. The molecule has 1 heterocycles. The number of rotatable bonds is 3. The summed E-state index contributed by atoms with van der Waals surface area (Å²) >= 11 is 6.09. The second-order valence-corrected chi connectivity index (χ2v) is 4.73. The molecule has 3 heteroatoms. The highest BCUT2D eigenvalue weighted by Crippen LogP contribution is 2.31. The SMILES string of the molecule is CCn1ccnc1CC1CCC(Cl)C1. The second-order valence-electron chi connectivity index (χ2n) is 4.11. The van der Waals surface area contributed by atoms with E-state index in [4.69, 9.17) is 11.6 Å². The quantitative estimate of drug-likeness (QED) is 0.705. The van der Waals surface area contributed by atoms with Gasteiger partial charge >= 0.3 is 0 Å². The molecule has 2 unspecified atom stereocenters. The Balaban J connectivity index is 1.97. The monoisotopic (exact) mass is 212 g/mol. The minimum absolute atomic E-state index is 0.407. The number of hydrogen-bond acceptors (Lipinski definition) is 1. The molecule has 78 valence electrons. The van der Waals surface area contributed by atoms with Crippen LogP contribution in [-0.2, 0) is 13.0 Å². The van der Waals surface area contributed by atoms with Crippen molar-refractivity contribution in [1.82, 2.24) is 9.55 Å². The van der Waals surface area contributed by atoms with Gasteiger partial charge in [0.25, 0.3) is 0 Å². The van der Waals surface area contributed by atoms with Crippen molar-refractivity contribution in [1.29, 1.82) is 0 Å². The molecule has 0 aliphatic heterocycles. The fourth-order valence-electron chi connectivity index (χ4n) is 2.28. The molecule has 14 heavy (non-hydrogen) atoms. The first-order valence-electron chi connectivity index (χ1n) is 5.43. The Hall–Kier alpha value is -0.500. The van der Waals surface area contributed by atoms with E-state index in [-0.39, 0.29) is 0 Å². The van der Waals surface area contributed by atoms with E-state index in [1.54, 1.807) is 0 Å². The molecule has 2 rings (SSSR count). The van der Waals surface area contributed by atoms with Gasteiger partial charge in [-0.05, 0) is 32.1 Å². The zero-order chi connectivity index (χ0) is 9.97. The predicted octanol–water partition coefficient (Wildman–Crippen LogP) is 2.85. The van der Waals surface area contributed by atoms with Crippen molar-refractivity contribution in [2.45, 2.75) is 44.5 Å². The summed E-state index contributed by atoms with van der Waals surface area (Å²) in [5.74, 6) is 1.98. The van der Waals surface area contributed by atoms with Crippen LogP contribution >= 0.6 is 11.6 Å². The van der Waals surface area contributed by atoms with Gasteiger partial charge < -0.3 is 4.57 Å². The highest BCUT2D eigenvalue weighted by molar-refractivity contribution is 6.20. The third-order valence-corrected chi connectivity index (χ3v) is 3.49. The van der Waals surface area contributed by atoms with E-state index in [0.29, 0.717) is 5.38 Å². The number of alkyl halides is 1. The molecule has 0 N–H and O–H groups in total. The first kappa shape index (κ1) is 10.0. The van der Waals surface area contributed by atoms with Crippen LogP contribution in [0.2, 0.25) is 0 Å². The maximum absolute atomic E-state index is 6.09. The second kappa shape index (κ2) is 4.35. The zero-order valence-corrected chi connectivity index (χ0v) is 9.37. The van der Waals surface area contributed by atoms with Gasteiger partial charge in [0.2, 0.25) is 0 Å². The standard InChI is InChI=1S/C11H17ClN2/c1-2-14-6-5-13-11(14)8-9-3-4-10(12)7-9/h5-6,9-10H,2-4,7-8H2,1H3. The van der Waals surface area contributed by atoms with Crippen molar-refractivity contribution in [3.8, 4) is 0 Å². The van der Waals surface area contributed by atoms with Gasteiger partial charge in [0.15, 0.2) is 0 Å². The summed E-state index contributed by atoms with van der Waals surface area (Å²) < 4.78 is 2.22. The third-order valence-electron chi connectivity index (χ3n) is 3.09. The summed E-state index contributed by atoms with van der Waals surface area (Å²) in [6, 6.07) is 0. The van der Waals surface area contributed by atoms with Gasteiger partial charge in [-0.1, -0.05) is 0 Å². The molecule has 1 aromatic rings. The van der Waals surface area contributed by atoms with Gasteiger partial charge in [-0.2, -0.15) is 0 Å². The van der Waals surface area contributed by atoms with E-state index in [1.165, 1.54) is 18.7 Å². The number of aryl methyl sites for hydroxylation is 1. The molecule has 0 aromatic carbocycles. The van der Waals surface area contributed by atoms with Gasteiger partial charge in [-0.25, -0.2) is 4.98 Å². The van der Waals surface area contributed by atoms with Crippen LogP contribution in [0.15, 0.2) is 12.4 Å². The molecular formula is C11H17ClN2. The summed E-state index contributed by atoms with van der Waals surface area (Å²) in [5.41, 5.74) is 0. The van der Waals surface area contributed by atoms with Crippen molar-refractivity contribution in [2.24, 2.45) is 5.92 Å². The van der Waals surface area contributed by atoms with Crippen molar-refractivity contribution >= 4 is 11.6 Å². The number of nitrogens with zero attached hydrogens (tertiary/aromatic N) is 2. The van der Waals surface area contributed by atoms with Crippen LogP contribution in [0, 0.1) is 5.92 Å². The molecule has 1 aliphatic rings. The molecule has 1 aromatic heterocycles.